The van der Waals surface area contributed by atoms with Gasteiger partial charge in [-0.15, -0.1) is 0 Å². The van der Waals surface area contributed by atoms with Crippen LogP contribution in [0.1, 0.15) is 32.4 Å². The Balaban J connectivity index is 2.11. The fourth-order valence-corrected chi connectivity index (χ4v) is 4.22. The van der Waals surface area contributed by atoms with Crippen LogP contribution in [0.5, 0.6) is 5.75 Å². The Morgan fingerprint density at radius 2 is 2.00 bits per heavy atom. The van der Waals surface area contributed by atoms with Crippen molar-refractivity contribution in [1.82, 2.24) is 4.90 Å². The summed E-state index contributed by atoms with van der Waals surface area (Å²) in [6, 6.07) is 7.11. The molecule has 0 N–H and O–H groups in total. The molecule has 1 aromatic carbocycles. The molecule has 25 heavy (non-hydrogen) atoms. The molecule has 2 heterocycles. The van der Waals surface area contributed by atoms with Crippen LogP contribution >= 0.6 is 0 Å². The molecular formula is C19H25NO5. The van der Waals surface area contributed by atoms with Crippen LogP contribution in [0.3, 0.4) is 0 Å². The van der Waals surface area contributed by atoms with E-state index in [2.05, 4.69) is 4.90 Å². The number of hydrogen-bond donors (Lipinski definition) is 0. The van der Waals surface area contributed by atoms with Gasteiger partial charge in [-0.25, -0.2) is 0 Å². The van der Waals surface area contributed by atoms with Crippen LogP contribution in [0.25, 0.3) is 0 Å². The molecule has 0 aromatic heterocycles. The Hall–Kier alpha value is -2.08. The second-order valence-electron chi connectivity index (χ2n) is 6.74. The summed E-state index contributed by atoms with van der Waals surface area (Å²) in [5, 5.41) is 0. The summed E-state index contributed by atoms with van der Waals surface area (Å²) in [5.41, 5.74) is 1.01. The SMILES string of the molecule is CCOC(=O)[C@H]1[C@H](C(=O)OC)[C@@H]2COc3ccccc3[C@@H]2N1C(C)C. The van der Waals surface area contributed by atoms with E-state index < -0.39 is 12.0 Å². The first kappa shape index (κ1) is 17.7. The van der Waals surface area contributed by atoms with Crippen LogP contribution in [0.4, 0.5) is 0 Å². The highest BCUT2D eigenvalue weighted by molar-refractivity contribution is 5.86. The lowest BCUT2D eigenvalue weighted by Crippen LogP contribution is -2.47. The van der Waals surface area contributed by atoms with Gasteiger partial charge in [0.05, 0.1) is 26.2 Å². The summed E-state index contributed by atoms with van der Waals surface area (Å²) in [6.07, 6.45) is 0. The number of para-hydroxylation sites is 1. The normalized spacial score (nSPS) is 28.0. The molecule has 2 aliphatic rings. The van der Waals surface area contributed by atoms with Crippen LogP contribution in [0.15, 0.2) is 24.3 Å². The number of likely N-dealkylation sites (tertiary alicyclic amines) is 1. The zero-order chi connectivity index (χ0) is 18.1. The van der Waals surface area contributed by atoms with Crippen molar-refractivity contribution in [1.29, 1.82) is 0 Å². The van der Waals surface area contributed by atoms with Crippen molar-refractivity contribution >= 4 is 11.9 Å². The third kappa shape index (κ3) is 2.88. The summed E-state index contributed by atoms with van der Waals surface area (Å²) in [6.45, 7) is 6.48. The van der Waals surface area contributed by atoms with Gasteiger partial charge >= 0.3 is 11.9 Å². The van der Waals surface area contributed by atoms with Gasteiger partial charge in [-0.3, -0.25) is 14.5 Å². The zero-order valence-electron chi connectivity index (χ0n) is 15.1. The van der Waals surface area contributed by atoms with Crippen molar-refractivity contribution in [3.8, 4) is 5.75 Å². The summed E-state index contributed by atoms with van der Waals surface area (Å²) in [4.78, 5) is 27.4. The molecule has 6 nitrogen and oxygen atoms in total. The fraction of sp³-hybridized carbons (Fsp3) is 0.579. The number of carbonyl (C=O) groups is 2. The highest BCUT2D eigenvalue weighted by atomic mass is 16.5. The van der Waals surface area contributed by atoms with Gasteiger partial charge in [-0.2, -0.15) is 0 Å². The second-order valence-corrected chi connectivity index (χ2v) is 6.74. The van der Waals surface area contributed by atoms with Gasteiger partial charge in [0.1, 0.15) is 11.8 Å². The fourth-order valence-electron chi connectivity index (χ4n) is 4.22. The highest BCUT2D eigenvalue weighted by Crippen LogP contribution is 2.51. The van der Waals surface area contributed by atoms with E-state index in [9.17, 15) is 9.59 Å². The zero-order valence-corrected chi connectivity index (χ0v) is 15.1. The molecule has 4 atom stereocenters. The van der Waals surface area contributed by atoms with Crippen molar-refractivity contribution < 1.29 is 23.8 Å². The first-order valence-electron chi connectivity index (χ1n) is 8.74. The molecular weight excluding hydrogens is 322 g/mol. The first-order valence-corrected chi connectivity index (χ1v) is 8.74. The number of ether oxygens (including phenoxy) is 3. The summed E-state index contributed by atoms with van der Waals surface area (Å²) in [7, 11) is 1.36. The molecule has 2 aliphatic heterocycles. The van der Waals surface area contributed by atoms with Gasteiger partial charge < -0.3 is 14.2 Å². The van der Waals surface area contributed by atoms with Crippen LogP contribution in [0.2, 0.25) is 0 Å². The summed E-state index contributed by atoms with van der Waals surface area (Å²) < 4.78 is 16.2. The van der Waals surface area contributed by atoms with E-state index in [0.717, 1.165) is 11.3 Å². The van der Waals surface area contributed by atoms with E-state index in [1.807, 2.05) is 38.1 Å². The Bertz CT molecular complexity index is 659. The molecule has 136 valence electrons. The summed E-state index contributed by atoms with van der Waals surface area (Å²) in [5.74, 6) is -0.718. The molecule has 1 aromatic rings. The van der Waals surface area contributed by atoms with Gasteiger partial charge in [0, 0.05) is 23.6 Å². The Morgan fingerprint density at radius 1 is 1.28 bits per heavy atom. The topological polar surface area (TPSA) is 65.1 Å². The minimum atomic E-state index is -0.669. The largest absolute Gasteiger partial charge is 0.493 e. The lowest BCUT2D eigenvalue weighted by molar-refractivity contribution is -0.159. The third-order valence-corrected chi connectivity index (χ3v) is 5.12. The maximum absolute atomic E-state index is 12.7. The van der Waals surface area contributed by atoms with E-state index in [0.29, 0.717) is 6.61 Å². The Kier molecular flexibility index (Phi) is 4.99. The van der Waals surface area contributed by atoms with Crippen molar-refractivity contribution in [3.05, 3.63) is 29.8 Å². The van der Waals surface area contributed by atoms with Crippen molar-refractivity contribution in [2.75, 3.05) is 20.3 Å². The molecule has 3 rings (SSSR count). The second kappa shape index (κ2) is 7.04. The average Bonchev–Trinajstić information content (AvgIpc) is 2.97. The molecule has 6 heteroatoms. The number of fused-ring (bicyclic) bond motifs is 3. The molecule has 1 fully saturated rings. The maximum atomic E-state index is 12.7. The lowest BCUT2D eigenvalue weighted by atomic mass is 9.83. The lowest BCUT2D eigenvalue weighted by Gasteiger charge is -2.37. The molecule has 0 saturated carbocycles. The third-order valence-electron chi connectivity index (χ3n) is 5.12. The smallest absolute Gasteiger partial charge is 0.324 e. The molecule has 0 unspecified atom stereocenters. The van der Waals surface area contributed by atoms with Gasteiger partial charge in [-0.05, 0) is 26.8 Å². The predicted molar refractivity (Wildman–Crippen MR) is 91.1 cm³/mol. The van der Waals surface area contributed by atoms with Crippen molar-refractivity contribution in [3.63, 3.8) is 0 Å². The number of rotatable bonds is 4. The predicted octanol–water partition coefficient (Wildman–Crippen LogP) is 2.18. The molecule has 0 aliphatic carbocycles. The first-order chi connectivity index (χ1) is 12.0. The van der Waals surface area contributed by atoms with Crippen molar-refractivity contribution in [2.24, 2.45) is 11.8 Å². The van der Waals surface area contributed by atoms with Crippen molar-refractivity contribution in [2.45, 2.75) is 38.9 Å². The molecule has 0 radical (unpaired) electrons. The monoisotopic (exact) mass is 347 g/mol. The van der Waals surface area contributed by atoms with Crippen LogP contribution in [-0.4, -0.2) is 49.2 Å². The Labute approximate surface area is 148 Å². The molecule has 0 amide bonds. The Morgan fingerprint density at radius 3 is 2.64 bits per heavy atom. The van der Waals surface area contributed by atoms with E-state index in [-0.39, 0.29) is 36.5 Å². The van der Waals surface area contributed by atoms with E-state index in [1.54, 1.807) is 6.92 Å². The van der Waals surface area contributed by atoms with Gasteiger partial charge in [0.15, 0.2) is 0 Å². The minimum Gasteiger partial charge on any atom is -0.493 e. The quantitative estimate of drug-likeness (QED) is 0.778. The van der Waals surface area contributed by atoms with E-state index in [1.165, 1.54) is 7.11 Å². The minimum absolute atomic E-state index is 0.0581. The summed E-state index contributed by atoms with van der Waals surface area (Å²) >= 11 is 0. The number of nitrogens with zero attached hydrogens (tertiary/aromatic N) is 1. The average molecular weight is 347 g/mol. The number of esters is 2. The molecule has 0 spiro atoms. The van der Waals surface area contributed by atoms with Crippen LogP contribution in [-0.2, 0) is 19.1 Å². The number of hydrogen-bond acceptors (Lipinski definition) is 6. The number of benzene rings is 1. The van der Waals surface area contributed by atoms with Crippen LogP contribution < -0.4 is 4.74 Å². The number of carbonyl (C=O) groups excluding carboxylic acids is 2. The van der Waals surface area contributed by atoms with Gasteiger partial charge in [0.25, 0.3) is 0 Å². The van der Waals surface area contributed by atoms with E-state index in [4.69, 9.17) is 14.2 Å². The highest BCUT2D eigenvalue weighted by Gasteiger charge is 2.59. The van der Waals surface area contributed by atoms with Gasteiger partial charge in [0.2, 0.25) is 0 Å². The van der Waals surface area contributed by atoms with E-state index >= 15 is 0 Å². The maximum Gasteiger partial charge on any atom is 0.324 e. The van der Waals surface area contributed by atoms with Gasteiger partial charge in [-0.1, -0.05) is 18.2 Å². The molecule has 0 bridgehead atoms. The standard InChI is InChI=1S/C19H25NO5/c1-5-24-19(22)17-15(18(21)23-4)13-10-25-14-9-7-6-8-12(14)16(13)20(17)11(2)3/h6-9,11,13,15-17H,5,10H2,1-4H3/t13-,15+,16-,17+/m0/s1. The number of methoxy groups -OCH3 is 1. The molecule has 1 saturated heterocycles. The van der Waals surface area contributed by atoms with Crippen LogP contribution in [0, 0.1) is 11.8 Å².